The van der Waals surface area contributed by atoms with Crippen molar-refractivity contribution in [1.29, 1.82) is 0 Å². The normalized spacial score (nSPS) is 11.8. The van der Waals surface area contributed by atoms with Gasteiger partial charge in [-0.2, -0.15) is 0 Å². The molecule has 0 radical (unpaired) electrons. The fourth-order valence-corrected chi connectivity index (χ4v) is 3.81. The first kappa shape index (κ1) is 17.1. The van der Waals surface area contributed by atoms with Gasteiger partial charge in [0.05, 0.1) is 16.0 Å². The lowest BCUT2D eigenvalue weighted by Crippen LogP contribution is -2.05. The molecule has 3 aromatic rings. The molecular weight excluding hydrogens is 371 g/mol. The molecule has 0 aliphatic carbocycles. The van der Waals surface area contributed by atoms with E-state index in [0.717, 1.165) is 16.0 Å². The molecule has 1 aromatic carbocycles. The number of nitrogen functional groups attached to an aromatic ring is 1. The highest BCUT2D eigenvalue weighted by molar-refractivity contribution is 7.51. The van der Waals surface area contributed by atoms with Crippen molar-refractivity contribution in [3.05, 3.63) is 35.1 Å². The van der Waals surface area contributed by atoms with Crippen molar-refractivity contribution in [1.82, 2.24) is 9.97 Å². The van der Waals surface area contributed by atoms with E-state index < -0.39 is 13.9 Å². The van der Waals surface area contributed by atoms with Crippen LogP contribution in [0.2, 0.25) is 5.02 Å². The maximum atomic E-state index is 11.1. The summed E-state index contributed by atoms with van der Waals surface area (Å²) in [6.07, 6.45) is 0.798. The van der Waals surface area contributed by atoms with E-state index in [1.54, 1.807) is 0 Å². The van der Waals surface area contributed by atoms with Crippen LogP contribution in [-0.2, 0) is 4.57 Å². The number of nitrogens with zero attached hydrogens (tertiary/aromatic N) is 2. The molecule has 0 amide bonds. The Hall–Kier alpha value is -1.70. The molecule has 0 spiro atoms. The van der Waals surface area contributed by atoms with Gasteiger partial charge in [0.15, 0.2) is 0 Å². The van der Waals surface area contributed by atoms with Gasteiger partial charge in [-0.3, -0.25) is 4.57 Å². The van der Waals surface area contributed by atoms with Crippen LogP contribution in [0.3, 0.4) is 0 Å². The Morgan fingerprint density at radius 3 is 2.79 bits per heavy atom. The van der Waals surface area contributed by atoms with Crippen LogP contribution in [0.15, 0.2) is 24.5 Å². The number of thiophene rings is 1. The number of aryl methyl sites for hydroxylation is 1. The second kappa shape index (κ2) is 6.31. The number of anilines is 2. The molecule has 0 aliphatic rings. The van der Waals surface area contributed by atoms with Gasteiger partial charge in [-0.1, -0.05) is 23.7 Å². The largest absolute Gasteiger partial charge is 0.397 e. The van der Waals surface area contributed by atoms with Crippen LogP contribution < -0.4 is 11.1 Å². The number of aromatic nitrogens is 2. The maximum absolute atomic E-state index is 11.1. The average Bonchev–Trinajstić information content (AvgIpc) is 2.85. The highest BCUT2D eigenvalue weighted by Crippen LogP contribution is 2.43. The summed E-state index contributed by atoms with van der Waals surface area (Å²) in [6.45, 7) is 1.91. The van der Waals surface area contributed by atoms with Crippen LogP contribution in [-0.4, -0.2) is 26.0 Å². The van der Waals surface area contributed by atoms with E-state index in [1.165, 1.54) is 17.7 Å². The zero-order chi connectivity index (χ0) is 17.5. The molecule has 0 atom stereocenters. The lowest BCUT2D eigenvalue weighted by molar-refractivity contribution is 0.375. The molecule has 7 nitrogen and oxygen atoms in total. The fraction of sp³-hybridized carbons (Fsp3) is 0.143. The standard InChI is InChI=1S/C14H14ClN4O3PS/c1-7-2-3-8(4-9(7)15)12-11(16)10-13(19-6-23(20,21)22)17-5-18-14(10)24-12/h2-5H,6,16H2,1H3,(H,17,18,19)(H2,20,21,22). The van der Waals surface area contributed by atoms with Crippen molar-refractivity contribution in [2.45, 2.75) is 6.92 Å². The number of hydrogen-bond donors (Lipinski definition) is 4. The summed E-state index contributed by atoms with van der Waals surface area (Å²) in [5.41, 5.74) is 8.52. The summed E-state index contributed by atoms with van der Waals surface area (Å²) in [6, 6.07) is 5.65. The van der Waals surface area contributed by atoms with Crippen LogP contribution in [0.4, 0.5) is 11.5 Å². The second-order valence-electron chi connectivity index (χ2n) is 5.21. The van der Waals surface area contributed by atoms with Crippen molar-refractivity contribution in [2.75, 3.05) is 17.3 Å². The summed E-state index contributed by atoms with van der Waals surface area (Å²) in [5, 5.41) is 3.82. The predicted molar refractivity (Wildman–Crippen MR) is 97.5 cm³/mol. The minimum atomic E-state index is -4.21. The molecule has 126 valence electrons. The Bertz CT molecular complexity index is 972. The average molecular weight is 385 g/mol. The molecule has 0 unspecified atom stereocenters. The fourth-order valence-electron chi connectivity index (χ4n) is 2.22. The third kappa shape index (κ3) is 3.38. The molecular formula is C14H14ClN4O3PS. The zero-order valence-corrected chi connectivity index (χ0v) is 15.0. The second-order valence-corrected chi connectivity index (χ2v) is 8.26. The molecule has 0 saturated heterocycles. The number of fused-ring (bicyclic) bond motifs is 1. The molecule has 0 aliphatic heterocycles. The minimum Gasteiger partial charge on any atom is -0.397 e. The molecule has 3 rings (SSSR count). The topological polar surface area (TPSA) is 121 Å². The monoisotopic (exact) mass is 384 g/mol. The highest BCUT2D eigenvalue weighted by atomic mass is 35.5. The van der Waals surface area contributed by atoms with Gasteiger partial charge in [-0.25, -0.2) is 9.97 Å². The van der Waals surface area contributed by atoms with Gasteiger partial charge in [0, 0.05) is 5.02 Å². The van der Waals surface area contributed by atoms with Gasteiger partial charge in [0.25, 0.3) is 0 Å². The van der Waals surface area contributed by atoms with Crippen LogP contribution in [0.1, 0.15) is 5.56 Å². The molecule has 10 heteroatoms. The van der Waals surface area contributed by atoms with Crippen molar-refractivity contribution >= 4 is 52.3 Å². The Balaban J connectivity index is 2.10. The third-order valence-electron chi connectivity index (χ3n) is 3.41. The highest BCUT2D eigenvalue weighted by Gasteiger charge is 2.19. The van der Waals surface area contributed by atoms with Crippen molar-refractivity contribution in [3.63, 3.8) is 0 Å². The number of halogens is 1. The summed E-state index contributed by atoms with van der Waals surface area (Å²) < 4.78 is 11.1. The van der Waals surface area contributed by atoms with E-state index in [4.69, 9.17) is 27.1 Å². The summed E-state index contributed by atoms with van der Waals surface area (Å²) >= 11 is 7.55. The Kier molecular flexibility index (Phi) is 4.50. The van der Waals surface area contributed by atoms with Crippen molar-refractivity contribution in [3.8, 4) is 10.4 Å². The Morgan fingerprint density at radius 1 is 1.38 bits per heavy atom. The minimum absolute atomic E-state index is 0.293. The van der Waals surface area contributed by atoms with Gasteiger partial charge < -0.3 is 20.8 Å². The summed E-state index contributed by atoms with van der Waals surface area (Å²) in [7, 11) is -4.21. The molecule has 2 heterocycles. The van der Waals surface area contributed by atoms with E-state index >= 15 is 0 Å². The van der Waals surface area contributed by atoms with Gasteiger partial charge in [-0.05, 0) is 24.1 Å². The number of nitrogens with two attached hydrogens (primary N) is 1. The molecule has 24 heavy (non-hydrogen) atoms. The maximum Gasteiger partial charge on any atom is 0.344 e. The van der Waals surface area contributed by atoms with Crippen LogP contribution in [0.5, 0.6) is 0 Å². The predicted octanol–water partition coefficient (Wildman–Crippen LogP) is 3.45. The van der Waals surface area contributed by atoms with E-state index in [9.17, 15) is 4.57 Å². The molecule has 2 aromatic heterocycles. The van der Waals surface area contributed by atoms with E-state index in [0.29, 0.717) is 26.7 Å². The van der Waals surface area contributed by atoms with Crippen LogP contribution in [0, 0.1) is 6.92 Å². The third-order valence-corrected chi connectivity index (χ3v) is 5.55. The number of benzene rings is 1. The lowest BCUT2D eigenvalue weighted by Gasteiger charge is -2.08. The molecule has 5 N–H and O–H groups in total. The van der Waals surface area contributed by atoms with Crippen molar-refractivity contribution in [2.24, 2.45) is 0 Å². The van der Waals surface area contributed by atoms with Crippen LogP contribution >= 0.6 is 30.5 Å². The molecule has 0 fully saturated rings. The number of nitrogens with one attached hydrogen (secondary N) is 1. The van der Waals surface area contributed by atoms with Gasteiger partial charge in [0.1, 0.15) is 23.3 Å². The quantitative estimate of drug-likeness (QED) is 0.508. The number of rotatable bonds is 4. The first-order valence-electron chi connectivity index (χ1n) is 6.84. The lowest BCUT2D eigenvalue weighted by atomic mass is 10.1. The summed E-state index contributed by atoms with van der Waals surface area (Å²) in [5.74, 6) is 0.293. The van der Waals surface area contributed by atoms with Gasteiger partial charge >= 0.3 is 7.60 Å². The first-order chi connectivity index (χ1) is 11.3. The van der Waals surface area contributed by atoms with Gasteiger partial charge in [0.2, 0.25) is 0 Å². The molecule has 0 saturated carbocycles. The Morgan fingerprint density at radius 2 is 2.12 bits per heavy atom. The first-order valence-corrected chi connectivity index (χ1v) is 9.83. The SMILES string of the molecule is Cc1ccc(-c2sc3ncnc(NCP(=O)(O)O)c3c2N)cc1Cl. The zero-order valence-electron chi connectivity index (χ0n) is 12.5. The van der Waals surface area contributed by atoms with Gasteiger partial charge in [-0.15, -0.1) is 11.3 Å². The smallest absolute Gasteiger partial charge is 0.344 e. The summed E-state index contributed by atoms with van der Waals surface area (Å²) in [4.78, 5) is 27.7. The van der Waals surface area contributed by atoms with Crippen LogP contribution in [0.25, 0.3) is 20.7 Å². The van der Waals surface area contributed by atoms with E-state index in [-0.39, 0.29) is 0 Å². The molecule has 0 bridgehead atoms. The van der Waals surface area contributed by atoms with E-state index in [1.807, 2.05) is 25.1 Å². The van der Waals surface area contributed by atoms with E-state index in [2.05, 4.69) is 15.3 Å². The number of hydrogen-bond acceptors (Lipinski definition) is 6. The Labute approximate surface area is 146 Å². The van der Waals surface area contributed by atoms with Crippen molar-refractivity contribution < 1.29 is 14.4 Å².